The fourth-order valence-electron chi connectivity index (χ4n) is 2.88. The van der Waals surface area contributed by atoms with E-state index >= 15 is 0 Å². The summed E-state index contributed by atoms with van der Waals surface area (Å²) in [5.74, 6) is 0.0278. The van der Waals surface area contributed by atoms with Crippen molar-refractivity contribution in [3.8, 4) is 0 Å². The quantitative estimate of drug-likeness (QED) is 0.910. The van der Waals surface area contributed by atoms with Crippen molar-refractivity contribution in [1.82, 2.24) is 10.2 Å². The smallest absolute Gasteiger partial charge is 0.261 e. The van der Waals surface area contributed by atoms with E-state index in [-0.39, 0.29) is 11.8 Å². The van der Waals surface area contributed by atoms with Crippen molar-refractivity contribution < 1.29 is 9.59 Å². The average molecular weight is 361 g/mol. The normalized spacial score (nSPS) is 16.6. The highest BCUT2D eigenvalue weighted by Gasteiger charge is 2.27. The summed E-state index contributed by atoms with van der Waals surface area (Å²) >= 11 is 7.44. The number of nitrogens with one attached hydrogen (secondary N) is 1. The molecular formula is C18H17ClN2O2S. The minimum atomic E-state index is 0.00694. The second kappa shape index (κ2) is 6.22. The van der Waals surface area contributed by atoms with Crippen LogP contribution >= 0.6 is 22.9 Å². The van der Waals surface area contributed by atoms with Crippen molar-refractivity contribution in [2.75, 3.05) is 6.54 Å². The van der Waals surface area contributed by atoms with Gasteiger partial charge in [0.15, 0.2) is 0 Å². The maximum atomic E-state index is 12.6. The van der Waals surface area contributed by atoms with Gasteiger partial charge in [0.2, 0.25) is 0 Å². The number of carbonyl (C=O) groups excluding carboxylic acids is 2. The molecule has 1 N–H and O–H groups in total. The molecule has 2 aromatic rings. The summed E-state index contributed by atoms with van der Waals surface area (Å²) in [5.41, 5.74) is 1.74. The SMILES string of the molecule is O=C(NC1CC1)c1cc2c(s1)CCN(C(=O)c1ccc(Cl)cc1)C2. The third kappa shape index (κ3) is 3.19. The van der Waals surface area contributed by atoms with Gasteiger partial charge in [0.1, 0.15) is 0 Å². The van der Waals surface area contributed by atoms with E-state index in [9.17, 15) is 9.59 Å². The zero-order chi connectivity index (χ0) is 16.7. The van der Waals surface area contributed by atoms with Crippen LogP contribution in [0, 0.1) is 0 Å². The van der Waals surface area contributed by atoms with E-state index in [0.717, 1.165) is 29.7 Å². The highest BCUT2D eigenvalue weighted by atomic mass is 35.5. The molecule has 1 aromatic carbocycles. The number of amides is 2. The van der Waals surface area contributed by atoms with Crippen LogP contribution in [0.4, 0.5) is 0 Å². The van der Waals surface area contributed by atoms with Crippen LogP contribution in [0.15, 0.2) is 30.3 Å². The predicted octanol–water partition coefficient (Wildman–Crippen LogP) is 3.49. The highest BCUT2D eigenvalue weighted by Crippen LogP contribution is 2.30. The molecule has 0 spiro atoms. The van der Waals surface area contributed by atoms with Crippen LogP contribution < -0.4 is 5.32 Å². The van der Waals surface area contributed by atoms with Crippen LogP contribution in [-0.2, 0) is 13.0 Å². The number of rotatable bonds is 3. The molecule has 1 saturated carbocycles. The molecule has 124 valence electrons. The number of thiophene rings is 1. The summed E-state index contributed by atoms with van der Waals surface area (Å²) in [6, 6.07) is 9.27. The van der Waals surface area contributed by atoms with Crippen LogP contribution in [0.25, 0.3) is 0 Å². The van der Waals surface area contributed by atoms with Crippen molar-refractivity contribution in [3.05, 3.63) is 56.2 Å². The van der Waals surface area contributed by atoms with E-state index < -0.39 is 0 Å². The first kappa shape index (κ1) is 15.7. The Morgan fingerprint density at radius 1 is 1.21 bits per heavy atom. The van der Waals surface area contributed by atoms with Gasteiger partial charge in [-0.2, -0.15) is 0 Å². The number of hydrogen-bond donors (Lipinski definition) is 1. The van der Waals surface area contributed by atoms with E-state index in [1.165, 1.54) is 4.88 Å². The Balaban J connectivity index is 1.48. The Bertz CT molecular complexity index is 796. The molecule has 2 aliphatic rings. The number of halogens is 1. The average Bonchev–Trinajstić information content (AvgIpc) is 3.29. The van der Waals surface area contributed by atoms with Gasteiger partial charge in [-0.15, -0.1) is 11.3 Å². The van der Waals surface area contributed by atoms with Gasteiger partial charge in [-0.25, -0.2) is 0 Å². The van der Waals surface area contributed by atoms with Gasteiger partial charge in [0.05, 0.1) is 4.88 Å². The van der Waals surface area contributed by atoms with E-state index in [1.807, 2.05) is 11.0 Å². The Hall–Kier alpha value is -1.85. The van der Waals surface area contributed by atoms with Crippen LogP contribution in [0.5, 0.6) is 0 Å². The molecule has 4 rings (SSSR count). The Morgan fingerprint density at radius 2 is 1.96 bits per heavy atom. The molecule has 1 aliphatic heterocycles. The van der Waals surface area contributed by atoms with E-state index in [1.54, 1.807) is 35.6 Å². The molecule has 4 nitrogen and oxygen atoms in total. The first-order chi connectivity index (χ1) is 11.6. The van der Waals surface area contributed by atoms with E-state index in [2.05, 4.69) is 5.32 Å². The van der Waals surface area contributed by atoms with Crippen LogP contribution in [-0.4, -0.2) is 29.3 Å². The second-order valence-corrected chi connectivity index (χ2v) is 7.86. The maximum Gasteiger partial charge on any atom is 0.261 e. The van der Waals surface area contributed by atoms with Crippen molar-refractivity contribution in [1.29, 1.82) is 0 Å². The molecule has 6 heteroatoms. The summed E-state index contributed by atoms with van der Waals surface area (Å²) in [6.07, 6.45) is 2.97. The largest absolute Gasteiger partial charge is 0.349 e. The van der Waals surface area contributed by atoms with Crippen LogP contribution in [0.2, 0.25) is 5.02 Å². The topological polar surface area (TPSA) is 49.4 Å². The molecule has 24 heavy (non-hydrogen) atoms. The second-order valence-electron chi connectivity index (χ2n) is 6.29. The minimum Gasteiger partial charge on any atom is -0.349 e. The summed E-state index contributed by atoms with van der Waals surface area (Å²) in [6.45, 7) is 1.24. The number of hydrogen-bond acceptors (Lipinski definition) is 3. The molecule has 1 aromatic heterocycles. The van der Waals surface area contributed by atoms with Crippen molar-refractivity contribution >= 4 is 34.8 Å². The fourth-order valence-corrected chi connectivity index (χ4v) is 4.07. The predicted molar refractivity (Wildman–Crippen MR) is 94.7 cm³/mol. The number of carbonyl (C=O) groups is 2. The molecule has 0 unspecified atom stereocenters. The van der Waals surface area contributed by atoms with Gasteiger partial charge in [0.25, 0.3) is 11.8 Å². The highest BCUT2D eigenvalue weighted by molar-refractivity contribution is 7.14. The lowest BCUT2D eigenvalue weighted by Crippen LogP contribution is -2.35. The zero-order valence-corrected chi connectivity index (χ0v) is 14.6. The van der Waals surface area contributed by atoms with Crippen molar-refractivity contribution in [2.45, 2.75) is 31.8 Å². The summed E-state index contributed by atoms with van der Waals surface area (Å²) in [5, 5.41) is 3.64. The van der Waals surface area contributed by atoms with Gasteiger partial charge in [0, 0.05) is 34.6 Å². The molecule has 0 saturated heterocycles. The molecule has 2 heterocycles. The number of fused-ring (bicyclic) bond motifs is 1. The molecule has 0 atom stereocenters. The fraction of sp³-hybridized carbons (Fsp3) is 0.333. The molecular weight excluding hydrogens is 344 g/mol. The van der Waals surface area contributed by atoms with Gasteiger partial charge in [-0.1, -0.05) is 11.6 Å². The van der Waals surface area contributed by atoms with Gasteiger partial charge in [-0.05, 0) is 55.2 Å². The van der Waals surface area contributed by atoms with Crippen LogP contribution in [0.3, 0.4) is 0 Å². The molecule has 0 bridgehead atoms. The maximum absolute atomic E-state index is 12.6. The Labute approximate surface area is 149 Å². The van der Waals surface area contributed by atoms with Crippen molar-refractivity contribution in [3.63, 3.8) is 0 Å². The third-order valence-corrected chi connectivity index (χ3v) is 5.87. The van der Waals surface area contributed by atoms with E-state index in [0.29, 0.717) is 29.7 Å². The molecule has 0 radical (unpaired) electrons. The summed E-state index contributed by atoms with van der Waals surface area (Å²) in [7, 11) is 0. The first-order valence-electron chi connectivity index (χ1n) is 8.07. The molecule has 1 aliphatic carbocycles. The number of nitrogens with zero attached hydrogens (tertiary/aromatic N) is 1. The lowest BCUT2D eigenvalue weighted by molar-refractivity contribution is 0.0736. The molecule has 1 fully saturated rings. The lowest BCUT2D eigenvalue weighted by atomic mass is 10.1. The van der Waals surface area contributed by atoms with Crippen molar-refractivity contribution in [2.24, 2.45) is 0 Å². The molecule has 2 amide bonds. The third-order valence-electron chi connectivity index (χ3n) is 4.38. The Morgan fingerprint density at radius 3 is 2.67 bits per heavy atom. The zero-order valence-electron chi connectivity index (χ0n) is 13.0. The van der Waals surface area contributed by atoms with Crippen LogP contribution in [0.1, 0.15) is 43.3 Å². The lowest BCUT2D eigenvalue weighted by Gasteiger charge is -2.27. The minimum absolute atomic E-state index is 0.00694. The van der Waals surface area contributed by atoms with E-state index in [4.69, 9.17) is 11.6 Å². The monoisotopic (exact) mass is 360 g/mol. The Kier molecular flexibility index (Phi) is 4.06. The first-order valence-corrected chi connectivity index (χ1v) is 9.27. The van der Waals surface area contributed by atoms with Gasteiger partial charge >= 0.3 is 0 Å². The summed E-state index contributed by atoms with van der Waals surface area (Å²) < 4.78 is 0. The standard InChI is InChI=1S/C18H17ClN2O2S/c19-13-3-1-11(2-4-13)18(23)21-8-7-15-12(10-21)9-16(24-15)17(22)20-14-5-6-14/h1-4,9,14H,5-8,10H2,(H,20,22). The number of benzene rings is 1. The van der Waals surface area contributed by atoms with Gasteiger partial charge in [-0.3, -0.25) is 9.59 Å². The summed E-state index contributed by atoms with van der Waals surface area (Å²) in [4.78, 5) is 28.6. The van der Waals surface area contributed by atoms with Gasteiger partial charge < -0.3 is 10.2 Å².